The van der Waals surface area contributed by atoms with E-state index in [2.05, 4.69) is 15.3 Å². The van der Waals surface area contributed by atoms with Crippen LogP contribution >= 0.6 is 0 Å². The first kappa shape index (κ1) is 22.4. The molecule has 0 amide bonds. The topological polar surface area (TPSA) is 75.2 Å². The molecule has 1 aromatic heterocycles. The van der Waals surface area contributed by atoms with Gasteiger partial charge in [-0.15, -0.1) is 0 Å². The number of hydrogen-bond acceptors (Lipinski definition) is 5. The number of nitrogens with one attached hydrogen (secondary N) is 1. The van der Waals surface area contributed by atoms with Gasteiger partial charge in [0.15, 0.2) is 0 Å². The van der Waals surface area contributed by atoms with Crippen LogP contribution in [0.4, 0.5) is 5.82 Å². The summed E-state index contributed by atoms with van der Waals surface area (Å²) in [5, 5.41) is 3.37. The van der Waals surface area contributed by atoms with Gasteiger partial charge in [-0.1, -0.05) is 55.3 Å². The van der Waals surface area contributed by atoms with Gasteiger partial charge in [0, 0.05) is 31.3 Å². The van der Waals surface area contributed by atoms with Crippen molar-refractivity contribution >= 4 is 15.8 Å². The van der Waals surface area contributed by atoms with E-state index in [1.807, 2.05) is 55.5 Å². The van der Waals surface area contributed by atoms with E-state index >= 15 is 0 Å². The van der Waals surface area contributed by atoms with Crippen LogP contribution in [0.1, 0.15) is 37.1 Å². The molecule has 0 saturated carbocycles. The first-order valence-corrected chi connectivity index (χ1v) is 12.7. The summed E-state index contributed by atoms with van der Waals surface area (Å²) < 4.78 is 27.5. The van der Waals surface area contributed by atoms with Gasteiger partial charge in [0.1, 0.15) is 11.6 Å². The lowest BCUT2D eigenvalue weighted by atomic mass is 10.1. The number of sulfonamides is 1. The molecule has 3 aromatic rings. The van der Waals surface area contributed by atoms with Crippen LogP contribution in [0.25, 0.3) is 11.3 Å². The zero-order chi connectivity index (χ0) is 22.4. The average Bonchev–Trinajstić information content (AvgIpc) is 3.10. The Labute approximate surface area is 190 Å². The maximum atomic E-state index is 12.9. The van der Waals surface area contributed by atoms with E-state index in [0.29, 0.717) is 24.5 Å². The number of aromatic nitrogens is 2. The molecule has 0 unspecified atom stereocenters. The van der Waals surface area contributed by atoms with Crippen molar-refractivity contribution in [3.8, 4) is 11.3 Å². The molecule has 6 nitrogen and oxygen atoms in total. The SMILES string of the molecule is Cc1nc(NCCc2ccc(S(=O)(=O)N3CCCCCC3)cc2)cc(-c2ccccc2)n1. The number of hydrogen-bond donors (Lipinski definition) is 1. The molecule has 1 aliphatic heterocycles. The molecule has 1 saturated heterocycles. The van der Waals surface area contributed by atoms with Crippen molar-refractivity contribution in [2.45, 2.75) is 43.9 Å². The second-order valence-corrected chi connectivity index (χ2v) is 10.1. The van der Waals surface area contributed by atoms with E-state index in [4.69, 9.17) is 0 Å². The van der Waals surface area contributed by atoms with E-state index in [1.165, 1.54) is 0 Å². The summed E-state index contributed by atoms with van der Waals surface area (Å²) in [6.45, 7) is 3.83. The molecule has 168 valence electrons. The van der Waals surface area contributed by atoms with Gasteiger partial charge in [-0.25, -0.2) is 18.4 Å². The van der Waals surface area contributed by atoms with Crippen molar-refractivity contribution in [2.24, 2.45) is 0 Å². The smallest absolute Gasteiger partial charge is 0.243 e. The third kappa shape index (κ3) is 5.53. The largest absolute Gasteiger partial charge is 0.370 e. The predicted octanol–water partition coefficient (Wildman–Crippen LogP) is 4.67. The van der Waals surface area contributed by atoms with Crippen LogP contribution < -0.4 is 5.32 Å². The lowest BCUT2D eigenvalue weighted by Gasteiger charge is -2.20. The van der Waals surface area contributed by atoms with Crippen molar-refractivity contribution < 1.29 is 8.42 Å². The van der Waals surface area contributed by atoms with Gasteiger partial charge >= 0.3 is 0 Å². The molecule has 0 radical (unpaired) electrons. The molecular weight excluding hydrogens is 420 g/mol. The number of aryl methyl sites for hydroxylation is 1. The number of rotatable bonds is 7. The lowest BCUT2D eigenvalue weighted by Crippen LogP contribution is -2.31. The van der Waals surface area contributed by atoms with E-state index in [0.717, 1.165) is 60.6 Å². The summed E-state index contributed by atoms with van der Waals surface area (Å²) in [6.07, 6.45) is 4.87. The Balaban J connectivity index is 1.37. The van der Waals surface area contributed by atoms with E-state index in [1.54, 1.807) is 16.4 Å². The molecule has 0 bridgehead atoms. The quantitative estimate of drug-likeness (QED) is 0.566. The first-order chi connectivity index (χ1) is 15.5. The molecule has 1 N–H and O–H groups in total. The maximum Gasteiger partial charge on any atom is 0.243 e. The minimum absolute atomic E-state index is 0.384. The monoisotopic (exact) mass is 450 g/mol. The lowest BCUT2D eigenvalue weighted by molar-refractivity contribution is 0.423. The molecule has 2 aromatic carbocycles. The Hall–Kier alpha value is -2.77. The Morgan fingerprint density at radius 1 is 0.906 bits per heavy atom. The van der Waals surface area contributed by atoms with E-state index < -0.39 is 10.0 Å². The number of nitrogens with zero attached hydrogens (tertiary/aromatic N) is 3. The highest BCUT2D eigenvalue weighted by Gasteiger charge is 2.24. The summed E-state index contributed by atoms with van der Waals surface area (Å²) in [4.78, 5) is 9.41. The standard InChI is InChI=1S/C25H30N4O2S/c1-20-27-24(22-9-5-4-6-10-22)19-25(28-20)26-16-15-21-11-13-23(14-12-21)32(30,31)29-17-7-2-3-8-18-29/h4-6,9-14,19H,2-3,7-8,15-18H2,1H3,(H,26,27,28). The summed E-state index contributed by atoms with van der Waals surface area (Å²) in [7, 11) is -3.40. The highest BCUT2D eigenvalue weighted by Crippen LogP contribution is 2.22. The number of anilines is 1. The summed E-state index contributed by atoms with van der Waals surface area (Å²) in [6, 6.07) is 19.3. The summed E-state index contributed by atoms with van der Waals surface area (Å²) in [5.41, 5.74) is 3.03. The predicted molar refractivity (Wildman–Crippen MR) is 128 cm³/mol. The van der Waals surface area contributed by atoms with Gasteiger partial charge in [0.05, 0.1) is 10.6 Å². The van der Waals surface area contributed by atoms with Gasteiger partial charge in [-0.05, 0) is 43.9 Å². The fourth-order valence-corrected chi connectivity index (χ4v) is 5.53. The van der Waals surface area contributed by atoms with Crippen LogP contribution in [-0.4, -0.2) is 42.3 Å². The van der Waals surface area contributed by atoms with Gasteiger partial charge in [0.2, 0.25) is 10.0 Å². The molecule has 7 heteroatoms. The van der Waals surface area contributed by atoms with Crippen LogP contribution in [0.3, 0.4) is 0 Å². The van der Waals surface area contributed by atoms with E-state index in [9.17, 15) is 8.42 Å². The molecule has 2 heterocycles. The zero-order valence-electron chi connectivity index (χ0n) is 18.5. The molecule has 0 atom stereocenters. The Kier molecular flexibility index (Phi) is 7.17. The summed E-state index contributed by atoms with van der Waals surface area (Å²) >= 11 is 0. The summed E-state index contributed by atoms with van der Waals surface area (Å²) in [5.74, 6) is 1.51. The molecule has 32 heavy (non-hydrogen) atoms. The van der Waals surface area contributed by atoms with Crippen molar-refractivity contribution in [3.05, 3.63) is 72.1 Å². The van der Waals surface area contributed by atoms with Gasteiger partial charge in [-0.3, -0.25) is 0 Å². The van der Waals surface area contributed by atoms with Crippen LogP contribution in [-0.2, 0) is 16.4 Å². The average molecular weight is 451 g/mol. The normalized spacial score (nSPS) is 15.3. The minimum atomic E-state index is -3.40. The molecular formula is C25H30N4O2S. The fourth-order valence-electron chi connectivity index (χ4n) is 4.01. The minimum Gasteiger partial charge on any atom is -0.370 e. The maximum absolute atomic E-state index is 12.9. The van der Waals surface area contributed by atoms with Crippen LogP contribution in [0, 0.1) is 6.92 Å². The highest BCUT2D eigenvalue weighted by atomic mass is 32.2. The van der Waals surface area contributed by atoms with Gasteiger partial charge in [-0.2, -0.15) is 4.31 Å². The Bertz CT molecular complexity index is 1120. The molecule has 0 spiro atoms. The second-order valence-electron chi connectivity index (χ2n) is 8.19. The van der Waals surface area contributed by atoms with Crippen LogP contribution in [0.15, 0.2) is 65.6 Å². The van der Waals surface area contributed by atoms with Crippen LogP contribution in [0.2, 0.25) is 0 Å². The van der Waals surface area contributed by atoms with Crippen molar-refractivity contribution in [1.82, 2.24) is 14.3 Å². The van der Waals surface area contributed by atoms with E-state index in [-0.39, 0.29) is 0 Å². The second kappa shape index (κ2) is 10.2. The first-order valence-electron chi connectivity index (χ1n) is 11.3. The third-order valence-corrected chi connectivity index (χ3v) is 7.67. The Morgan fingerprint density at radius 3 is 2.28 bits per heavy atom. The van der Waals surface area contributed by atoms with Crippen molar-refractivity contribution in [2.75, 3.05) is 25.0 Å². The van der Waals surface area contributed by atoms with Crippen LogP contribution in [0.5, 0.6) is 0 Å². The van der Waals surface area contributed by atoms with Crippen molar-refractivity contribution in [3.63, 3.8) is 0 Å². The molecule has 0 aliphatic carbocycles. The number of benzene rings is 2. The fraction of sp³-hybridized carbons (Fsp3) is 0.360. The van der Waals surface area contributed by atoms with Gasteiger partial charge < -0.3 is 5.32 Å². The molecule has 1 aliphatic rings. The van der Waals surface area contributed by atoms with Crippen molar-refractivity contribution in [1.29, 1.82) is 0 Å². The molecule has 4 rings (SSSR count). The molecule has 1 fully saturated rings. The third-order valence-electron chi connectivity index (χ3n) is 5.75. The highest BCUT2D eigenvalue weighted by molar-refractivity contribution is 7.89. The zero-order valence-corrected chi connectivity index (χ0v) is 19.3. The Morgan fingerprint density at radius 2 is 1.59 bits per heavy atom. The van der Waals surface area contributed by atoms with Gasteiger partial charge in [0.25, 0.3) is 0 Å².